The Bertz CT molecular complexity index is 887. The van der Waals surface area contributed by atoms with Gasteiger partial charge in [0.25, 0.3) is 15.9 Å². The van der Waals surface area contributed by atoms with Crippen molar-refractivity contribution in [3.8, 4) is 0 Å². The number of piperidine rings is 1. The molecule has 1 amide bonds. The van der Waals surface area contributed by atoms with Gasteiger partial charge in [-0.2, -0.15) is 4.31 Å². The average molecular weight is 413 g/mol. The topological polar surface area (TPSA) is 66.5 Å². The Kier molecular flexibility index (Phi) is 6.02. The number of carbonyl (C=O) groups excluding carboxylic acids is 1. The quantitative estimate of drug-likeness (QED) is 0.813. The van der Waals surface area contributed by atoms with Crippen LogP contribution in [0.5, 0.6) is 0 Å². The van der Waals surface area contributed by atoms with Gasteiger partial charge in [0.2, 0.25) is 0 Å². The van der Waals surface area contributed by atoms with Gasteiger partial charge in [0.05, 0.1) is 4.88 Å². The molecule has 140 valence electrons. The first-order chi connectivity index (χ1) is 12.4. The highest BCUT2D eigenvalue weighted by Crippen LogP contribution is 2.28. The van der Waals surface area contributed by atoms with Crippen LogP contribution in [0.1, 0.15) is 35.0 Å². The number of thiophene rings is 1. The van der Waals surface area contributed by atoms with Crippen LogP contribution in [0.2, 0.25) is 5.02 Å². The SMILES string of the molecule is CC1CCN(S(=O)(=O)c2ccc(C(=O)NCc3ccccc3Cl)s2)CC1. The van der Waals surface area contributed by atoms with Crippen LogP contribution in [-0.4, -0.2) is 31.7 Å². The van der Waals surface area contributed by atoms with Gasteiger partial charge >= 0.3 is 0 Å². The van der Waals surface area contributed by atoms with Crippen molar-refractivity contribution in [2.75, 3.05) is 13.1 Å². The minimum absolute atomic E-state index is 0.218. The number of hydrogen-bond donors (Lipinski definition) is 1. The van der Waals surface area contributed by atoms with E-state index in [1.54, 1.807) is 12.1 Å². The van der Waals surface area contributed by atoms with Gasteiger partial charge in [-0.3, -0.25) is 4.79 Å². The molecule has 2 heterocycles. The summed E-state index contributed by atoms with van der Waals surface area (Å²) in [5.74, 6) is 0.250. The van der Waals surface area contributed by atoms with E-state index in [0.717, 1.165) is 29.7 Å². The van der Waals surface area contributed by atoms with Crippen LogP contribution in [-0.2, 0) is 16.6 Å². The number of sulfonamides is 1. The molecule has 8 heteroatoms. The number of hydrogen-bond acceptors (Lipinski definition) is 4. The zero-order valence-electron chi connectivity index (χ0n) is 14.4. The molecule has 0 unspecified atom stereocenters. The van der Waals surface area contributed by atoms with E-state index in [9.17, 15) is 13.2 Å². The second kappa shape index (κ2) is 8.08. The first-order valence-corrected chi connectivity index (χ1v) is 11.1. The van der Waals surface area contributed by atoms with E-state index in [4.69, 9.17) is 11.6 Å². The summed E-state index contributed by atoms with van der Waals surface area (Å²) < 4.78 is 27.2. The zero-order chi connectivity index (χ0) is 18.7. The van der Waals surface area contributed by atoms with Crippen LogP contribution in [0, 0.1) is 5.92 Å². The molecule has 2 aromatic rings. The molecule has 0 atom stereocenters. The van der Waals surface area contributed by atoms with Crippen LogP contribution in [0.15, 0.2) is 40.6 Å². The third-order valence-electron chi connectivity index (χ3n) is 4.54. The summed E-state index contributed by atoms with van der Waals surface area (Å²) in [6.07, 6.45) is 1.74. The predicted octanol–water partition coefficient (Wildman–Crippen LogP) is 3.75. The van der Waals surface area contributed by atoms with E-state index in [0.29, 0.717) is 35.5 Å². The molecule has 1 aromatic heterocycles. The lowest BCUT2D eigenvalue weighted by molar-refractivity contribution is 0.0955. The smallest absolute Gasteiger partial charge is 0.261 e. The Hall–Kier alpha value is -1.41. The van der Waals surface area contributed by atoms with Crippen molar-refractivity contribution < 1.29 is 13.2 Å². The summed E-state index contributed by atoms with van der Waals surface area (Å²) in [6, 6.07) is 10.4. The minimum atomic E-state index is -3.52. The molecule has 1 N–H and O–H groups in total. The van der Waals surface area contributed by atoms with Crippen molar-refractivity contribution in [1.29, 1.82) is 0 Å². The Morgan fingerprint density at radius 3 is 2.62 bits per heavy atom. The van der Waals surface area contributed by atoms with E-state index in [1.807, 2.05) is 18.2 Å². The third-order valence-corrected chi connectivity index (χ3v) is 8.36. The molecule has 3 rings (SSSR count). The highest BCUT2D eigenvalue weighted by Gasteiger charge is 2.29. The maximum absolute atomic E-state index is 12.7. The summed E-state index contributed by atoms with van der Waals surface area (Å²) in [6.45, 7) is 3.50. The molecule has 1 saturated heterocycles. The number of nitrogens with one attached hydrogen (secondary N) is 1. The Balaban J connectivity index is 1.67. The number of nitrogens with zero attached hydrogens (tertiary/aromatic N) is 1. The number of rotatable bonds is 5. The Morgan fingerprint density at radius 1 is 1.23 bits per heavy atom. The van der Waals surface area contributed by atoms with Gasteiger partial charge in [-0.15, -0.1) is 11.3 Å². The number of benzene rings is 1. The first-order valence-electron chi connectivity index (χ1n) is 8.49. The van der Waals surface area contributed by atoms with Crippen LogP contribution < -0.4 is 5.32 Å². The molecule has 0 bridgehead atoms. The summed E-state index contributed by atoms with van der Waals surface area (Å²) >= 11 is 7.09. The number of carbonyl (C=O) groups is 1. The molecular weight excluding hydrogens is 392 g/mol. The monoisotopic (exact) mass is 412 g/mol. The largest absolute Gasteiger partial charge is 0.347 e. The molecule has 1 aliphatic rings. The molecule has 0 saturated carbocycles. The van der Waals surface area contributed by atoms with Gasteiger partial charge in [-0.25, -0.2) is 8.42 Å². The lowest BCUT2D eigenvalue weighted by Gasteiger charge is -2.28. The van der Waals surface area contributed by atoms with Crippen molar-refractivity contribution >= 4 is 38.9 Å². The van der Waals surface area contributed by atoms with Crippen molar-refractivity contribution in [3.05, 3.63) is 51.9 Å². The second-order valence-electron chi connectivity index (χ2n) is 6.48. The fourth-order valence-corrected chi connectivity index (χ4v) is 5.89. The van der Waals surface area contributed by atoms with Gasteiger partial charge < -0.3 is 5.32 Å². The zero-order valence-corrected chi connectivity index (χ0v) is 16.8. The number of halogens is 1. The van der Waals surface area contributed by atoms with Crippen LogP contribution in [0.25, 0.3) is 0 Å². The average Bonchev–Trinajstić information content (AvgIpc) is 3.12. The molecule has 1 aromatic carbocycles. The Morgan fingerprint density at radius 2 is 1.92 bits per heavy atom. The van der Waals surface area contributed by atoms with Gasteiger partial charge in [-0.05, 0) is 42.5 Å². The van der Waals surface area contributed by atoms with Crippen molar-refractivity contribution in [3.63, 3.8) is 0 Å². The van der Waals surface area contributed by atoms with E-state index in [-0.39, 0.29) is 10.1 Å². The lowest BCUT2D eigenvalue weighted by Crippen LogP contribution is -2.37. The molecule has 1 aliphatic heterocycles. The number of amides is 1. The molecule has 0 aliphatic carbocycles. The molecule has 0 spiro atoms. The summed E-state index contributed by atoms with van der Waals surface area (Å²) in [5, 5.41) is 3.37. The van der Waals surface area contributed by atoms with E-state index in [1.165, 1.54) is 10.4 Å². The maximum atomic E-state index is 12.7. The second-order valence-corrected chi connectivity index (χ2v) is 10.1. The summed E-state index contributed by atoms with van der Waals surface area (Å²) in [7, 11) is -3.52. The van der Waals surface area contributed by atoms with Gasteiger partial charge in [0, 0.05) is 24.7 Å². The highest BCUT2D eigenvalue weighted by molar-refractivity contribution is 7.91. The molecule has 1 fully saturated rings. The normalized spacial score (nSPS) is 16.5. The first kappa shape index (κ1) is 19.4. The molecule has 26 heavy (non-hydrogen) atoms. The predicted molar refractivity (Wildman–Crippen MR) is 104 cm³/mol. The van der Waals surface area contributed by atoms with Gasteiger partial charge in [0.1, 0.15) is 4.21 Å². The summed E-state index contributed by atoms with van der Waals surface area (Å²) in [5.41, 5.74) is 0.814. The molecular formula is C18H21ClN2O3S2. The van der Waals surface area contributed by atoms with Crippen molar-refractivity contribution in [2.24, 2.45) is 5.92 Å². The highest BCUT2D eigenvalue weighted by atomic mass is 35.5. The fourth-order valence-electron chi connectivity index (χ4n) is 2.84. The van der Waals surface area contributed by atoms with Gasteiger partial charge in [0.15, 0.2) is 0 Å². The standard InChI is InChI=1S/C18H21ClN2O3S2/c1-13-8-10-21(11-9-13)26(23,24)17-7-6-16(25-17)18(22)20-12-14-4-2-3-5-15(14)19/h2-7,13H,8-12H2,1H3,(H,20,22). The summed E-state index contributed by atoms with van der Waals surface area (Å²) in [4.78, 5) is 12.7. The van der Waals surface area contributed by atoms with E-state index < -0.39 is 10.0 Å². The lowest BCUT2D eigenvalue weighted by atomic mass is 10.0. The van der Waals surface area contributed by atoms with E-state index in [2.05, 4.69) is 12.2 Å². The molecule has 0 radical (unpaired) electrons. The fraction of sp³-hybridized carbons (Fsp3) is 0.389. The van der Waals surface area contributed by atoms with Crippen LogP contribution >= 0.6 is 22.9 Å². The van der Waals surface area contributed by atoms with Crippen LogP contribution in [0.3, 0.4) is 0 Å². The van der Waals surface area contributed by atoms with Crippen molar-refractivity contribution in [1.82, 2.24) is 9.62 Å². The third kappa shape index (κ3) is 4.28. The van der Waals surface area contributed by atoms with Crippen molar-refractivity contribution in [2.45, 2.75) is 30.5 Å². The maximum Gasteiger partial charge on any atom is 0.261 e. The van der Waals surface area contributed by atoms with E-state index >= 15 is 0 Å². The Labute approximate surface area is 163 Å². The molecule has 5 nitrogen and oxygen atoms in total. The minimum Gasteiger partial charge on any atom is -0.347 e. The van der Waals surface area contributed by atoms with Crippen LogP contribution in [0.4, 0.5) is 0 Å². The van der Waals surface area contributed by atoms with Gasteiger partial charge in [-0.1, -0.05) is 36.7 Å².